The molecule has 0 fully saturated rings. The van der Waals surface area contributed by atoms with Gasteiger partial charge in [0, 0.05) is 5.69 Å². The molecule has 1 heterocycles. The highest BCUT2D eigenvalue weighted by Gasteiger charge is 2.40. The van der Waals surface area contributed by atoms with Crippen LogP contribution < -0.4 is 15.0 Å². The van der Waals surface area contributed by atoms with E-state index in [0.29, 0.717) is 23.4 Å². The molecule has 0 aliphatic carbocycles. The summed E-state index contributed by atoms with van der Waals surface area (Å²) in [5.41, 5.74) is 3.72. The molecule has 3 aromatic carbocycles. The zero-order valence-corrected chi connectivity index (χ0v) is 18.3. The van der Waals surface area contributed by atoms with Gasteiger partial charge in [-0.15, -0.1) is 0 Å². The largest absolute Gasteiger partial charge is 0.494 e. The van der Waals surface area contributed by atoms with E-state index in [4.69, 9.17) is 4.74 Å². The van der Waals surface area contributed by atoms with Crippen LogP contribution in [0.5, 0.6) is 5.75 Å². The second-order valence-electron chi connectivity index (χ2n) is 7.58. The molecule has 0 aromatic heterocycles. The number of carbonyl (C=O) groups is 2. The molecule has 1 aliphatic rings. The van der Waals surface area contributed by atoms with E-state index in [1.807, 2.05) is 85.8 Å². The number of carbonyl (C=O) groups excluding carboxylic acids is 2. The summed E-state index contributed by atoms with van der Waals surface area (Å²) in [5.74, 6) is 0.0156. The quantitative estimate of drug-likeness (QED) is 0.488. The molecule has 5 nitrogen and oxygen atoms in total. The van der Waals surface area contributed by atoms with E-state index in [-0.39, 0.29) is 17.5 Å². The van der Waals surface area contributed by atoms with Gasteiger partial charge in [-0.1, -0.05) is 56.3 Å². The van der Waals surface area contributed by atoms with Gasteiger partial charge in [-0.3, -0.25) is 9.59 Å². The number of hydrogen-bond donors (Lipinski definition) is 1. The second-order valence-corrected chi connectivity index (χ2v) is 7.58. The molecule has 0 atom stereocenters. The Morgan fingerprint density at radius 3 is 2.12 bits per heavy atom. The molecule has 0 radical (unpaired) electrons. The van der Waals surface area contributed by atoms with Gasteiger partial charge < -0.3 is 10.1 Å². The van der Waals surface area contributed by atoms with Crippen molar-refractivity contribution in [1.82, 2.24) is 0 Å². The molecule has 1 aliphatic heterocycles. The van der Waals surface area contributed by atoms with Crippen molar-refractivity contribution in [2.45, 2.75) is 26.7 Å². The van der Waals surface area contributed by atoms with Crippen molar-refractivity contribution in [3.63, 3.8) is 0 Å². The maximum Gasteiger partial charge on any atom is 0.282 e. The van der Waals surface area contributed by atoms with E-state index in [0.717, 1.165) is 29.8 Å². The van der Waals surface area contributed by atoms with Gasteiger partial charge in [-0.2, -0.15) is 0 Å². The van der Waals surface area contributed by atoms with Crippen LogP contribution in [0.1, 0.15) is 31.4 Å². The van der Waals surface area contributed by atoms with E-state index in [1.54, 1.807) is 0 Å². The van der Waals surface area contributed by atoms with E-state index in [2.05, 4.69) is 12.2 Å². The number of nitrogens with zero attached hydrogens (tertiary/aromatic N) is 1. The summed E-state index contributed by atoms with van der Waals surface area (Å²) in [4.78, 5) is 28.2. The monoisotopic (exact) mass is 426 g/mol. The molecule has 0 saturated carbocycles. The topological polar surface area (TPSA) is 58.6 Å². The molecule has 3 aromatic rings. The van der Waals surface area contributed by atoms with Crippen molar-refractivity contribution in [3.8, 4) is 5.75 Å². The van der Waals surface area contributed by atoms with Crippen LogP contribution in [0.15, 0.2) is 84.6 Å². The van der Waals surface area contributed by atoms with E-state index in [1.165, 1.54) is 4.90 Å². The average Bonchev–Trinajstić information content (AvgIpc) is 3.08. The first-order chi connectivity index (χ1) is 15.6. The Morgan fingerprint density at radius 1 is 0.812 bits per heavy atom. The Labute approximate surface area is 188 Å². The number of nitrogens with one attached hydrogen (secondary N) is 1. The summed E-state index contributed by atoms with van der Waals surface area (Å²) in [6.45, 7) is 4.74. The van der Waals surface area contributed by atoms with Crippen molar-refractivity contribution in [3.05, 3.63) is 95.7 Å². The van der Waals surface area contributed by atoms with Gasteiger partial charge in [0.15, 0.2) is 0 Å². The summed E-state index contributed by atoms with van der Waals surface area (Å²) < 4.78 is 5.66. The zero-order chi connectivity index (χ0) is 22.5. The van der Waals surface area contributed by atoms with Crippen molar-refractivity contribution in [1.29, 1.82) is 0 Å². The minimum atomic E-state index is -0.371. The third-order valence-corrected chi connectivity index (χ3v) is 5.35. The van der Waals surface area contributed by atoms with Crippen LogP contribution in [0.3, 0.4) is 0 Å². The van der Waals surface area contributed by atoms with Gasteiger partial charge in [-0.05, 0) is 60.4 Å². The van der Waals surface area contributed by atoms with Gasteiger partial charge in [0.2, 0.25) is 0 Å². The number of amides is 2. The molecule has 0 saturated heterocycles. The van der Waals surface area contributed by atoms with Gasteiger partial charge in [0.25, 0.3) is 11.8 Å². The molecule has 0 spiro atoms. The van der Waals surface area contributed by atoms with Crippen LogP contribution in [0.4, 0.5) is 11.4 Å². The first kappa shape index (κ1) is 21.4. The van der Waals surface area contributed by atoms with E-state index < -0.39 is 0 Å². The first-order valence-corrected chi connectivity index (χ1v) is 10.9. The Kier molecular flexibility index (Phi) is 6.36. The maximum absolute atomic E-state index is 13.5. The number of rotatable bonds is 8. The highest BCUT2D eigenvalue weighted by atomic mass is 16.5. The minimum Gasteiger partial charge on any atom is -0.494 e. The van der Waals surface area contributed by atoms with Crippen LogP contribution >= 0.6 is 0 Å². The maximum atomic E-state index is 13.5. The van der Waals surface area contributed by atoms with Gasteiger partial charge >= 0.3 is 0 Å². The fraction of sp³-hybridized carbons (Fsp3) is 0.185. The summed E-state index contributed by atoms with van der Waals surface area (Å²) >= 11 is 0. The Bertz CT molecular complexity index is 1130. The lowest BCUT2D eigenvalue weighted by molar-refractivity contribution is -0.120. The molecule has 0 bridgehead atoms. The molecule has 5 heteroatoms. The standard InChI is InChI=1S/C27H26N2O3/c1-3-18-32-23-16-12-20(13-17-23)24-25(28-21-8-6-5-7-9-21)27(31)29(26(24)30)22-14-10-19(4-2)11-15-22/h5-17,28H,3-4,18H2,1-2H3. The average molecular weight is 427 g/mol. The lowest BCUT2D eigenvalue weighted by atomic mass is 10.0. The van der Waals surface area contributed by atoms with Crippen LogP contribution in [-0.4, -0.2) is 18.4 Å². The predicted molar refractivity (Wildman–Crippen MR) is 128 cm³/mol. The second kappa shape index (κ2) is 9.52. The number of ether oxygens (including phenoxy) is 1. The van der Waals surface area contributed by atoms with Crippen LogP contribution in [0.2, 0.25) is 0 Å². The summed E-state index contributed by atoms with van der Waals surface area (Å²) in [7, 11) is 0. The summed E-state index contributed by atoms with van der Waals surface area (Å²) in [6, 6.07) is 24.2. The molecule has 32 heavy (non-hydrogen) atoms. The molecule has 0 unspecified atom stereocenters. The van der Waals surface area contributed by atoms with E-state index in [9.17, 15) is 9.59 Å². The fourth-order valence-corrected chi connectivity index (χ4v) is 3.63. The lowest BCUT2D eigenvalue weighted by Crippen LogP contribution is -2.32. The van der Waals surface area contributed by atoms with Crippen molar-refractivity contribution < 1.29 is 14.3 Å². The fourth-order valence-electron chi connectivity index (χ4n) is 3.63. The van der Waals surface area contributed by atoms with Crippen LogP contribution in [0.25, 0.3) is 5.57 Å². The smallest absolute Gasteiger partial charge is 0.282 e. The van der Waals surface area contributed by atoms with Crippen LogP contribution in [0, 0.1) is 0 Å². The molecule has 4 rings (SSSR count). The zero-order valence-electron chi connectivity index (χ0n) is 18.3. The third kappa shape index (κ3) is 4.28. The summed E-state index contributed by atoms with van der Waals surface area (Å²) in [5, 5.41) is 3.18. The van der Waals surface area contributed by atoms with Crippen molar-refractivity contribution in [2.75, 3.05) is 16.8 Å². The highest BCUT2D eigenvalue weighted by Crippen LogP contribution is 2.34. The molecule has 1 N–H and O–H groups in total. The predicted octanol–water partition coefficient (Wildman–Crippen LogP) is 5.43. The number of aryl methyl sites for hydroxylation is 1. The molecular formula is C27H26N2O3. The highest BCUT2D eigenvalue weighted by molar-refractivity contribution is 6.46. The number of para-hydroxylation sites is 1. The van der Waals surface area contributed by atoms with Gasteiger partial charge in [-0.25, -0.2) is 4.90 Å². The van der Waals surface area contributed by atoms with E-state index >= 15 is 0 Å². The lowest BCUT2D eigenvalue weighted by Gasteiger charge is -2.16. The normalized spacial score (nSPS) is 13.6. The molecular weight excluding hydrogens is 400 g/mol. The Morgan fingerprint density at radius 2 is 1.50 bits per heavy atom. The number of anilines is 2. The van der Waals surface area contributed by atoms with Crippen LogP contribution in [-0.2, 0) is 16.0 Å². The minimum absolute atomic E-state index is 0.267. The van der Waals surface area contributed by atoms with Crippen molar-refractivity contribution in [2.24, 2.45) is 0 Å². The SMILES string of the molecule is CCCOc1ccc(C2=C(Nc3ccccc3)C(=O)N(c3ccc(CC)cc3)C2=O)cc1. The molecule has 2 amide bonds. The molecule has 162 valence electrons. The van der Waals surface area contributed by atoms with Gasteiger partial charge in [0.1, 0.15) is 11.4 Å². The number of hydrogen-bond acceptors (Lipinski definition) is 4. The summed E-state index contributed by atoms with van der Waals surface area (Å²) in [6.07, 6.45) is 1.80. The number of benzene rings is 3. The Balaban J connectivity index is 1.73. The van der Waals surface area contributed by atoms with Crippen molar-refractivity contribution >= 4 is 28.8 Å². The number of imide groups is 1. The third-order valence-electron chi connectivity index (χ3n) is 5.35. The Hall–Kier alpha value is -3.86. The first-order valence-electron chi connectivity index (χ1n) is 10.9. The van der Waals surface area contributed by atoms with Gasteiger partial charge in [0.05, 0.1) is 17.9 Å².